The van der Waals surface area contributed by atoms with Crippen LogP contribution in [0.5, 0.6) is 0 Å². The van der Waals surface area contributed by atoms with Gasteiger partial charge in [-0.25, -0.2) is 5.43 Å². The number of hydrogen-bond donors (Lipinski definition) is 2. The van der Waals surface area contributed by atoms with Gasteiger partial charge in [-0.05, 0) is 23.8 Å². The summed E-state index contributed by atoms with van der Waals surface area (Å²) in [6.45, 7) is 0.391. The lowest BCUT2D eigenvalue weighted by atomic mass is 9.88. The first-order valence-corrected chi connectivity index (χ1v) is 8.63. The highest BCUT2D eigenvalue weighted by Crippen LogP contribution is 2.29. The monoisotopic (exact) mass is 378 g/mol. The van der Waals surface area contributed by atoms with Crippen molar-refractivity contribution in [3.05, 3.63) is 81.9 Å². The van der Waals surface area contributed by atoms with Gasteiger partial charge in [0.05, 0.1) is 10.5 Å². The van der Waals surface area contributed by atoms with E-state index < -0.39 is 16.7 Å². The van der Waals surface area contributed by atoms with E-state index in [4.69, 9.17) is 0 Å². The number of benzene rings is 2. The van der Waals surface area contributed by atoms with Crippen LogP contribution in [-0.4, -0.2) is 29.5 Å². The molecule has 1 aliphatic heterocycles. The molecule has 0 aromatic heterocycles. The van der Waals surface area contributed by atoms with E-state index in [1.54, 1.807) is 18.2 Å². The second-order valence-electron chi connectivity index (χ2n) is 6.17. The molecule has 28 heavy (non-hydrogen) atoms. The Labute approximate surface area is 161 Å². The number of rotatable bonds is 6. The Morgan fingerprint density at radius 1 is 1.18 bits per heavy atom. The molecule has 142 valence electrons. The van der Waals surface area contributed by atoms with Crippen molar-refractivity contribution in [3.63, 3.8) is 0 Å². The number of amides is 2. The third-order valence-corrected chi connectivity index (χ3v) is 4.44. The molecule has 0 radical (unpaired) electrons. The smallest absolute Gasteiger partial charge is 0.276 e. The van der Waals surface area contributed by atoms with Crippen molar-refractivity contribution in [1.29, 1.82) is 0 Å². The van der Waals surface area contributed by atoms with Crippen LogP contribution in [0.4, 0.5) is 5.69 Å². The maximum Gasteiger partial charge on any atom is 0.276 e. The van der Waals surface area contributed by atoms with Gasteiger partial charge >= 0.3 is 0 Å². The van der Waals surface area contributed by atoms with Crippen LogP contribution >= 0.6 is 0 Å². The van der Waals surface area contributed by atoms with Crippen LogP contribution in [0.1, 0.15) is 17.0 Å². The molecule has 2 aromatic carbocycles. The van der Waals surface area contributed by atoms with E-state index in [2.05, 4.69) is 15.8 Å². The van der Waals surface area contributed by atoms with Crippen molar-refractivity contribution in [1.82, 2.24) is 10.7 Å². The topological polar surface area (TPSA) is 114 Å². The quantitative estimate of drug-likeness (QED) is 0.347. The summed E-state index contributed by atoms with van der Waals surface area (Å²) in [6.07, 6.45) is 4.30. The van der Waals surface area contributed by atoms with Crippen LogP contribution < -0.4 is 10.7 Å². The molecule has 0 unspecified atom stereocenters. The molecule has 2 N–H and O–H groups in total. The third kappa shape index (κ3) is 4.29. The molecule has 0 aliphatic carbocycles. The van der Waals surface area contributed by atoms with Crippen LogP contribution in [0.2, 0.25) is 0 Å². The van der Waals surface area contributed by atoms with Crippen LogP contribution in [0, 0.1) is 16.0 Å². The molecule has 2 amide bonds. The Hall–Kier alpha value is -3.81. The van der Waals surface area contributed by atoms with Crippen molar-refractivity contribution in [2.24, 2.45) is 11.0 Å². The standard InChI is InChI=1S/C20H18N4O4/c25-19-18(16(13-21-19)14-7-2-1-3-8-14)20(26)23-22-12-6-10-15-9-4-5-11-17(15)24(27)28/h1-12,16,18H,13H2,(H,21,25)(H,23,26)/b10-6-,22-12+/t16-,18+/m0/s1. The fraction of sp³-hybridized carbons (Fsp3) is 0.150. The second-order valence-corrected chi connectivity index (χ2v) is 6.17. The lowest BCUT2D eigenvalue weighted by Gasteiger charge is -2.15. The molecule has 2 atom stereocenters. The number of nitrogens with one attached hydrogen (secondary N) is 2. The van der Waals surface area contributed by atoms with Gasteiger partial charge in [0, 0.05) is 24.7 Å². The van der Waals surface area contributed by atoms with Crippen LogP contribution in [-0.2, 0) is 9.59 Å². The number of carbonyl (C=O) groups is 2. The highest BCUT2D eigenvalue weighted by atomic mass is 16.6. The molecule has 0 saturated carbocycles. The average molecular weight is 378 g/mol. The molecule has 3 rings (SSSR count). The number of carbonyl (C=O) groups excluding carboxylic acids is 2. The lowest BCUT2D eigenvalue weighted by molar-refractivity contribution is -0.385. The molecule has 1 saturated heterocycles. The van der Waals surface area contributed by atoms with E-state index in [9.17, 15) is 19.7 Å². The minimum atomic E-state index is -0.862. The van der Waals surface area contributed by atoms with Gasteiger partial charge in [0.25, 0.3) is 11.6 Å². The predicted molar refractivity (Wildman–Crippen MR) is 104 cm³/mol. The molecular formula is C20H18N4O4. The highest BCUT2D eigenvalue weighted by molar-refractivity contribution is 6.03. The van der Waals surface area contributed by atoms with E-state index in [-0.39, 0.29) is 17.5 Å². The fourth-order valence-corrected chi connectivity index (χ4v) is 3.09. The molecule has 0 bridgehead atoms. The first-order chi connectivity index (χ1) is 13.6. The van der Waals surface area contributed by atoms with Gasteiger partial charge in [-0.15, -0.1) is 0 Å². The Balaban J connectivity index is 1.63. The van der Waals surface area contributed by atoms with Crippen molar-refractivity contribution in [2.75, 3.05) is 6.54 Å². The third-order valence-electron chi connectivity index (χ3n) is 4.44. The summed E-state index contributed by atoms with van der Waals surface area (Å²) in [5.41, 5.74) is 3.66. The number of nitrogens with zero attached hydrogens (tertiary/aromatic N) is 2. The first-order valence-electron chi connectivity index (χ1n) is 8.63. The summed E-state index contributed by atoms with van der Waals surface area (Å²) in [6, 6.07) is 15.6. The second kappa shape index (κ2) is 8.72. The summed E-state index contributed by atoms with van der Waals surface area (Å²) >= 11 is 0. The molecule has 1 heterocycles. The SMILES string of the molecule is O=C1NC[C@@H](c2ccccc2)[C@H]1C(=O)N/N=C/C=C\c1ccccc1[N+](=O)[O-]. The van der Waals surface area contributed by atoms with Crippen molar-refractivity contribution >= 4 is 29.8 Å². The number of nitro groups is 1. The van der Waals surface area contributed by atoms with Crippen LogP contribution in [0.3, 0.4) is 0 Å². The van der Waals surface area contributed by atoms with Gasteiger partial charge in [-0.3, -0.25) is 19.7 Å². The highest BCUT2D eigenvalue weighted by Gasteiger charge is 2.40. The fourth-order valence-electron chi connectivity index (χ4n) is 3.09. The van der Waals surface area contributed by atoms with E-state index >= 15 is 0 Å². The predicted octanol–water partition coefficient (Wildman–Crippen LogP) is 2.24. The van der Waals surface area contributed by atoms with Gasteiger partial charge in [0.2, 0.25) is 5.91 Å². The minimum Gasteiger partial charge on any atom is -0.355 e. The van der Waals surface area contributed by atoms with Gasteiger partial charge in [-0.2, -0.15) is 5.10 Å². The molecule has 0 spiro atoms. The minimum absolute atomic E-state index is 0.0236. The molecule has 8 heteroatoms. The number of nitro benzene ring substituents is 1. The van der Waals surface area contributed by atoms with Gasteiger partial charge < -0.3 is 5.32 Å². The summed E-state index contributed by atoms with van der Waals surface area (Å²) in [7, 11) is 0. The molecule has 1 fully saturated rings. The maximum absolute atomic E-state index is 12.4. The lowest BCUT2D eigenvalue weighted by Crippen LogP contribution is -2.34. The zero-order valence-electron chi connectivity index (χ0n) is 14.8. The molecule has 2 aromatic rings. The first kappa shape index (κ1) is 19.0. The van der Waals surface area contributed by atoms with Crippen molar-refractivity contribution in [3.8, 4) is 0 Å². The Morgan fingerprint density at radius 2 is 1.89 bits per heavy atom. The number of hydrogen-bond acceptors (Lipinski definition) is 5. The Morgan fingerprint density at radius 3 is 2.64 bits per heavy atom. The van der Waals surface area contributed by atoms with E-state index in [1.807, 2.05) is 30.3 Å². The van der Waals surface area contributed by atoms with E-state index in [0.717, 1.165) is 5.56 Å². The van der Waals surface area contributed by atoms with E-state index in [0.29, 0.717) is 12.1 Å². The molecule has 1 aliphatic rings. The number of allylic oxidation sites excluding steroid dienone is 1. The Kier molecular flexibility index (Phi) is 5.91. The van der Waals surface area contributed by atoms with Gasteiger partial charge in [0.1, 0.15) is 5.92 Å². The van der Waals surface area contributed by atoms with Crippen LogP contribution in [0.15, 0.2) is 65.8 Å². The summed E-state index contributed by atoms with van der Waals surface area (Å²) in [5, 5.41) is 17.5. The zero-order valence-corrected chi connectivity index (χ0v) is 14.8. The van der Waals surface area contributed by atoms with Gasteiger partial charge in [-0.1, -0.05) is 42.5 Å². The number of hydrazone groups is 1. The van der Waals surface area contributed by atoms with Gasteiger partial charge in [0.15, 0.2) is 0 Å². The average Bonchev–Trinajstić information content (AvgIpc) is 3.10. The summed E-state index contributed by atoms with van der Waals surface area (Å²) in [4.78, 5) is 35.0. The molecular weight excluding hydrogens is 360 g/mol. The maximum atomic E-state index is 12.4. The van der Waals surface area contributed by atoms with Crippen molar-refractivity contribution in [2.45, 2.75) is 5.92 Å². The largest absolute Gasteiger partial charge is 0.355 e. The van der Waals surface area contributed by atoms with E-state index in [1.165, 1.54) is 24.4 Å². The zero-order chi connectivity index (χ0) is 19.9. The Bertz CT molecular complexity index is 940. The van der Waals surface area contributed by atoms with Crippen molar-refractivity contribution < 1.29 is 14.5 Å². The van der Waals surface area contributed by atoms with Crippen LogP contribution in [0.25, 0.3) is 6.08 Å². The summed E-state index contributed by atoms with van der Waals surface area (Å²) < 4.78 is 0. The molecule has 8 nitrogen and oxygen atoms in total. The number of para-hydroxylation sites is 1. The normalized spacial score (nSPS) is 19.1. The summed E-state index contributed by atoms with van der Waals surface area (Å²) in [5.74, 6) is -1.96.